The highest BCUT2D eigenvalue weighted by Gasteiger charge is 1.98. The van der Waals surface area contributed by atoms with Crippen LogP contribution in [-0.2, 0) is 6.54 Å². The van der Waals surface area contributed by atoms with Crippen LogP contribution in [0.3, 0.4) is 0 Å². The van der Waals surface area contributed by atoms with Crippen LogP contribution in [0.2, 0.25) is 0 Å². The van der Waals surface area contributed by atoms with Gasteiger partial charge in [-0.25, -0.2) is 0 Å². The zero-order valence-corrected chi connectivity index (χ0v) is 12.1. The first kappa shape index (κ1) is 13.9. The summed E-state index contributed by atoms with van der Waals surface area (Å²) in [5.74, 6) is 1.72. The quantitative estimate of drug-likeness (QED) is 0.788. The van der Waals surface area contributed by atoms with Gasteiger partial charge in [-0.15, -0.1) is 0 Å². The van der Waals surface area contributed by atoms with Crippen LogP contribution < -0.4 is 14.8 Å². The number of methoxy groups -OCH3 is 1. The lowest BCUT2D eigenvalue weighted by Gasteiger charge is -2.08. The molecule has 0 fully saturated rings. The van der Waals surface area contributed by atoms with Crippen LogP contribution in [0.25, 0.3) is 0 Å². The molecule has 3 nitrogen and oxygen atoms in total. The average molecular weight is 277 g/mol. The number of hydrogen-bond acceptors (Lipinski definition) is 4. The van der Waals surface area contributed by atoms with Gasteiger partial charge in [0.2, 0.25) is 0 Å². The van der Waals surface area contributed by atoms with E-state index in [2.05, 4.69) is 23.0 Å². The minimum Gasteiger partial charge on any atom is -0.497 e. The Balaban J connectivity index is 1.65. The van der Waals surface area contributed by atoms with Crippen molar-refractivity contribution in [1.82, 2.24) is 5.32 Å². The molecule has 0 bridgehead atoms. The second-order valence-corrected chi connectivity index (χ2v) is 5.02. The Morgan fingerprint density at radius 2 is 1.84 bits per heavy atom. The maximum atomic E-state index is 5.64. The van der Waals surface area contributed by atoms with Gasteiger partial charge in [0.05, 0.1) is 7.11 Å². The van der Waals surface area contributed by atoms with Crippen LogP contribution >= 0.6 is 11.3 Å². The van der Waals surface area contributed by atoms with E-state index in [-0.39, 0.29) is 0 Å². The van der Waals surface area contributed by atoms with Gasteiger partial charge in [0.1, 0.15) is 18.1 Å². The number of benzene rings is 1. The number of aryl methyl sites for hydroxylation is 1. The van der Waals surface area contributed by atoms with Crippen molar-refractivity contribution < 1.29 is 9.47 Å². The third-order valence-corrected chi connectivity index (χ3v) is 3.79. The standard InChI is InChI=1S/C15H19NO2S/c1-12-10-19-11-13(12)9-16-7-8-18-15-5-3-14(17-2)4-6-15/h3-6,10-11,16H,7-9H2,1-2H3. The Morgan fingerprint density at radius 3 is 2.47 bits per heavy atom. The third-order valence-electron chi connectivity index (χ3n) is 2.88. The van der Waals surface area contributed by atoms with E-state index in [4.69, 9.17) is 9.47 Å². The maximum Gasteiger partial charge on any atom is 0.119 e. The molecular formula is C15H19NO2S. The SMILES string of the molecule is COc1ccc(OCCNCc2cscc2C)cc1. The van der Waals surface area contributed by atoms with E-state index >= 15 is 0 Å². The Hall–Kier alpha value is -1.52. The predicted molar refractivity (Wildman–Crippen MR) is 79.3 cm³/mol. The van der Waals surface area contributed by atoms with Crippen LogP contribution in [0.5, 0.6) is 11.5 Å². The number of rotatable bonds is 7. The van der Waals surface area contributed by atoms with Crippen molar-refractivity contribution in [2.75, 3.05) is 20.3 Å². The molecule has 0 amide bonds. The summed E-state index contributed by atoms with van der Waals surface area (Å²) in [7, 11) is 1.66. The van der Waals surface area contributed by atoms with Gasteiger partial charge in [0.25, 0.3) is 0 Å². The van der Waals surface area contributed by atoms with Gasteiger partial charge in [-0.2, -0.15) is 11.3 Å². The molecule has 0 atom stereocenters. The van der Waals surface area contributed by atoms with Crippen molar-refractivity contribution in [3.63, 3.8) is 0 Å². The fourth-order valence-electron chi connectivity index (χ4n) is 1.70. The summed E-state index contributed by atoms with van der Waals surface area (Å²) in [4.78, 5) is 0. The van der Waals surface area contributed by atoms with E-state index in [9.17, 15) is 0 Å². The summed E-state index contributed by atoms with van der Waals surface area (Å²) in [5.41, 5.74) is 2.73. The Morgan fingerprint density at radius 1 is 1.11 bits per heavy atom. The summed E-state index contributed by atoms with van der Waals surface area (Å²) in [6, 6.07) is 7.64. The first-order chi connectivity index (χ1) is 9.29. The molecule has 4 heteroatoms. The topological polar surface area (TPSA) is 30.5 Å². The van der Waals surface area contributed by atoms with E-state index in [1.54, 1.807) is 18.4 Å². The number of thiophene rings is 1. The van der Waals surface area contributed by atoms with Crippen molar-refractivity contribution in [1.29, 1.82) is 0 Å². The van der Waals surface area contributed by atoms with Crippen LogP contribution in [-0.4, -0.2) is 20.3 Å². The molecule has 0 saturated heterocycles. The molecule has 0 saturated carbocycles. The molecule has 0 aliphatic rings. The number of nitrogens with one attached hydrogen (secondary N) is 1. The first-order valence-corrected chi connectivity index (χ1v) is 7.23. The molecule has 1 N–H and O–H groups in total. The minimum absolute atomic E-state index is 0.662. The fraction of sp³-hybridized carbons (Fsp3) is 0.333. The fourth-order valence-corrected chi connectivity index (χ4v) is 2.56. The van der Waals surface area contributed by atoms with Crippen LogP contribution in [0.15, 0.2) is 35.0 Å². The smallest absolute Gasteiger partial charge is 0.119 e. The maximum absolute atomic E-state index is 5.64. The van der Waals surface area contributed by atoms with Gasteiger partial charge in [-0.3, -0.25) is 0 Å². The third kappa shape index (κ3) is 4.26. The zero-order valence-electron chi connectivity index (χ0n) is 11.3. The second kappa shape index (κ2) is 7.16. The lowest BCUT2D eigenvalue weighted by atomic mass is 10.2. The highest BCUT2D eigenvalue weighted by Crippen LogP contribution is 2.16. The van der Waals surface area contributed by atoms with E-state index in [1.165, 1.54) is 11.1 Å². The normalized spacial score (nSPS) is 10.4. The summed E-state index contributed by atoms with van der Waals surface area (Å²) >= 11 is 1.75. The largest absolute Gasteiger partial charge is 0.497 e. The van der Waals surface area contributed by atoms with Crippen molar-refractivity contribution >= 4 is 11.3 Å². The van der Waals surface area contributed by atoms with Crippen molar-refractivity contribution in [2.24, 2.45) is 0 Å². The minimum atomic E-state index is 0.662. The van der Waals surface area contributed by atoms with Gasteiger partial charge in [-0.1, -0.05) is 0 Å². The van der Waals surface area contributed by atoms with Crippen molar-refractivity contribution in [3.05, 3.63) is 46.2 Å². The number of hydrogen-bond donors (Lipinski definition) is 1. The molecule has 0 aliphatic heterocycles. The molecule has 0 spiro atoms. The molecule has 0 aliphatic carbocycles. The molecule has 0 unspecified atom stereocenters. The van der Waals surface area contributed by atoms with Gasteiger partial charge < -0.3 is 14.8 Å². The predicted octanol–water partition coefficient (Wildman–Crippen LogP) is 3.23. The van der Waals surface area contributed by atoms with Gasteiger partial charge in [0, 0.05) is 13.1 Å². The molecular weight excluding hydrogens is 258 g/mol. The lowest BCUT2D eigenvalue weighted by molar-refractivity contribution is 0.313. The van der Waals surface area contributed by atoms with Crippen molar-refractivity contribution in [2.45, 2.75) is 13.5 Å². The Bertz CT molecular complexity index is 493. The highest BCUT2D eigenvalue weighted by molar-refractivity contribution is 7.08. The molecule has 2 aromatic rings. The molecule has 0 radical (unpaired) electrons. The molecule has 2 rings (SSSR count). The first-order valence-electron chi connectivity index (χ1n) is 6.29. The molecule has 1 aromatic heterocycles. The van der Waals surface area contributed by atoms with E-state index in [0.717, 1.165) is 24.6 Å². The van der Waals surface area contributed by atoms with E-state index in [0.29, 0.717) is 6.61 Å². The van der Waals surface area contributed by atoms with Crippen molar-refractivity contribution in [3.8, 4) is 11.5 Å². The van der Waals surface area contributed by atoms with Crippen LogP contribution in [0.4, 0.5) is 0 Å². The van der Waals surface area contributed by atoms with Gasteiger partial charge in [0.15, 0.2) is 0 Å². The second-order valence-electron chi connectivity index (χ2n) is 4.28. The monoisotopic (exact) mass is 277 g/mol. The van der Waals surface area contributed by atoms with Gasteiger partial charge >= 0.3 is 0 Å². The van der Waals surface area contributed by atoms with Gasteiger partial charge in [-0.05, 0) is 53.1 Å². The summed E-state index contributed by atoms with van der Waals surface area (Å²) in [5, 5.41) is 7.74. The zero-order chi connectivity index (χ0) is 13.5. The summed E-state index contributed by atoms with van der Waals surface area (Å²) < 4.78 is 10.7. The molecule has 1 aromatic carbocycles. The highest BCUT2D eigenvalue weighted by atomic mass is 32.1. The Labute approximate surface area is 118 Å². The Kier molecular flexibility index (Phi) is 5.24. The average Bonchev–Trinajstić information content (AvgIpc) is 2.85. The lowest BCUT2D eigenvalue weighted by Crippen LogP contribution is -2.20. The van der Waals surface area contributed by atoms with Crippen LogP contribution in [0.1, 0.15) is 11.1 Å². The molecule has 1 heterocycles. The van der Waals surface area contributed by atoms with Crippen LogP contribution in [0, 0.1) is 6.92 Å². The molecule has 19 heavy (non-hydrogen) atoms. The van der Waals surface area contributed by atoms with E-state index < -0.39 is 0 Å². The summed E-state index contributed by atoms with van der Waals surface area (Å²) in [6.45, 7) is 4.54. The summed E-state index contributed by atoms with van der Waals surface area (Å²) in [6.07, 6.45) is 0. The van der Waals surface area contributed by atoms with E-state index in [1.807, 2.05) is 24.3 Å². The molecule has 102 valence electrons. The number of ether oxygens (including phenoxy) is 2.